The Kier molecular flexibility index (Phi) is 4.53. The first-order valence-corrected chi connectivity index (χ1v) is 10.0. The number of aromatic nitrogens is 2. The van der Waals surface area contributed by atoms with Gasteiger partial charge in [-0.2, -0.15) is 4.98 Å². The second-order valence-electron chi connectivity index (χ2n) is 7.31. The predicted octanol–water partition coefficient (Wildman–Crippen LogP) is 5.73. The van der Waals surface area contributed by atoms with E-state index >= 15 is 0 Å². The van der Waals surface area contributed by atoms with E-state index < -0.39 is 18.8 Å². The van der Waals surface area contributed by atoms with Gasteiger partial charge < -0.3 is 14.6 Å². The monoisotopic (exact) mass is 406 g/mol. The van der Waals surface area contributed by atoms with Crippen molar-refractivity contribution in [3.8, 4) is 28.6 Å². The number of ether oxygens (including phenoxy) is 1. The largest absolute Gasteiger partial charge is 0.502 e. The number of nitrogens with one attached hydrogen (secondary N) is 1. The van der Waals surface area contributed by atoms with Gasteiger partial charge in [-0.3, -0.25) is 0 Å². The Morgan fingerprint density at radius 3 is 3.00 bits per heavy atom. The molecule has 0 radical (unpaired) electrons. The highest BCUT2D eigenvalue weighted by Gasteiger charge is 2.26. The van der Waals surface area contributed by atoms with Crippen molar-refractivity contribution in [1.82, 2.24) is 15.5 Å². The average Bonchev–Trinajstić information content (AvgIpc) is 3.33. The van der Waals surface area contributed by atoms with E-state index in [1.165, 1.54) is 0 Å². The highest BCUT2D eigenvalue weighted by molar-refractivity contribution is 5.70. The van der Waals surface area contributed by atoms with Crippen LogP contribution >= 0.6 is 0 Å². The number of rotatable bonds is 7. The first-order valence-electron chi connectivity index (χ1n) is 12.0. The maximum atomic E-state index is 8.65. The van der Waals surface area contributed by atoms with Gasteiger partial charge in [0.05, 0.1) is 12.7 Å². The van der Waals surface area contributed by atoms with Crippen LogP contribution in [0, 0.1) is 6.57 Å². The number of hydrogen-bond donors (Lipinski definition) is 1. The molecule has 6 nitrogen and oxygen atoms in total. The zero-order chi connectivity index (χ0) is 24.7. The summed E-state index contributed by atoms with van der Waals surface area (Å²) in [6, 6.07) is 9.39. The minimum Gasteiger partial charge on any atom is -0.502 e. The third-order valence-corrected chi connectivity index (χ3v) is 4.70. The average molecular weight is 407 g/mol. The van der Waals surface area contributed by atoms with Crippen molar-refractivity contribution in [3.63, 3.8) is 0 Å². The normalized spacial score (nSPS) is 20.6. The third-order valence-electron chi connectivity index (χ3n) is 4.70. The summed E-state index contributed by atoms with van der Waals surface area (Å²) in [7, 11) is 0. The molecule has 1 heterocycles. The lowest BCUT2D eigenvalue weighted by atomic mass is 10.0. The van der Waals surface area contributed by atoms with Crippen LogP contribution in [0.1, 0.15) is 56.2 Å². The van der Waals surface area contributed by atoms with Gasteiger partial charge in [-0.25, -0.2) is 4.85 Å². The molecule has 0 amide bonds. The Morgan fingerprint density at radius 1 is 1.37 bits per heavy atom. The molecule has 0 saturated heterocycles. The molecule has 1 N–H and O–H groups in total. The lowest BCUT2D eigenvalue weighted by Crippen LogP contribution is -2.19. The minimum atomic E-state index is -2.27. The van der Waals surface area contributed by atoms with Crippen LogP contribution in [0.15, 0.2) is 40.9 Å². The van der Waals surface area contributed by atoms with Crippen molar-refractivity contribution in [1.29, 1.82) is 0 Å². The van der Waals surface area contributed by atoms with Gasteiger partial charge in [-0.1, -0.05) is 30.3 Å². The number of fused-ring (bicyclic) bond motifs is 1. The van der Waals surface area contributed by atoms with Crippen molar-refractivity contribution in [3.05, 3.63) is 58.9 Å². The topological polar surface area (TPSA) is 64.5 Å². The number of nitrogens with zero attached hydrogens (tertiary/aromatic N) is 3. The smallest absolute Gasteiger partial charge is 0.256 e. The Bertz CT molecular complexity index is 1250. The van der Waals surface area contributed by atoms with Crippen molar-refractivity contribution in [2.24, 2.45) is 0 Å². The first-order chi connectivity index (χ1) is 16.1. The van der Waals surface area contributed by atoms with E-state index in [0.29, 0.717) is 34.7 Å². The molecule has 0 fully saturated rings. The highest BCUT2D eigenvalue weighted by Crippen LogP contribution is 2.38. The predicted molar refractivity (Wildman–Crippen MR) is 117 cm³/mol. The van der Waals surface area contributed by atoms with Crippen molar-refractivity contribution >= 4 is 5.69 Å². The molecule has 1 aliphatic carbocycles. The summed E-state index contributed by atoms with van der Waals surface area (Å²) in [6.45, 7) is 13.8. The van der Waals surface area contributed by atoms with Crippen LogP contribution in [0.2, 0.25) is 0 Å². The molecule has 4 rings (SSSR count). The van der Waals surface area contributed by atoms with E-state index in [-0.39, 0.29) is 23.4 Å². The molecule has 1 atom stereocenters. The van der Waals surface area contributed by atoms with E-state index in [1.807, 2.05) is 20.8 Å². The van der Waals surface area contributed by atoms with Gasteiger partial charge in [-0.15, -0.1) is 0 Å². The van der Waals surface area contributed by atoms with Crippen LogP contribution in [0.5, 0.6) is 5.75 Å². The van der Waals surface area contributed by atoms with Crippen LogP contribution in [-0.4, -0.2) is 22.8 Å². The van der Waals surface area contributed by atoms with Crippen molar-refractivity contribution in [2.75, 3.05) is 6.54 Å². The molecule has 0 bridgehead atoms. The van der Waals surface area contributed by atoms with Crippen LogP contribution in [0.3, 0.4) is 0 Å². The van der Waals surface area contributed by atoms with Gasteiger partial charge in [0.25, 0.3) is 5.89 Å². The lowest BCUT2D eigenvalue weighted by Gasteiger charge is -2.13. The fraction of sp³-hybridized carbons (Fsp3) is 0.375. The lowest BCUT2D eigenvalue weighted by molar-refractivity contribution is 0.244. The summed E-state index contributed by atoms with van der Waals surface area (Å²) < 4.78 is 45.5. The molecule has 0 spiro atoms. The van der Waals surface area contributed by atoms with Crippen LogP contribution in [0.4, 0.5) is 5.69 Å². The van der Waals surface area contributed by atoms with Crippen LogP contribution in [-0.2, 0) is 6.37 Å². The second-order valence-corrected chi connectivity index (χ2v) is 7.31. The Morgan fingerprint density at radius 2 is 2.23 bits per heavy atom. The molecular formula is C24H26N4O2. The number of hydrogen-bond acceptors (Lipinski definition) is 5. The Balaban J connectivity index is 1.76. The molecule has 1 aromatic heterocycles. The summed E-state index contributed by atoms with van der Waals surface area (Å²) in [5.41, 5.74) is 2.02. The highest BCUT2D eigenvalue weighted by atomic mass is 16.5. The maximum Gasteiger partial charge on any atom is 0.256 e. The van der Waals surface area contributed by atoms with E-state index in [1.54, 1.807) is 36.4 Å². The molecule has 30 heavy (non-hydrogen) atoms. The van der Waals surface area contributed by atoms with Gasteiger partial charge in [-0.05, 0) is 68.9 Å². The fourth-order valence-corrected chi connectivity index (χ4v) is 3.35. The number of benzene rings is 2. The van der Waals surface area contributed by atoms with E-state index in [9.17, 15) is 0 Å². The molecule has 3 aromatic rings. The molecule has 2 aromatic carbocycles. The summed E-state index contributed by atoms with van der Waals surface area (Å²) in [6.07, 6.45) is -3.71. The molecule has 0 aliphatic heterocycles. The summed E-state index contributed by atoms with van der Waals surface area (Å²) in [5.74, 6) is 0.806. The summed E-state index contributed by atoms with van der Waals surface area (Å²) in [4.78, 5) is 7.99. The first kappa shape index (κ1) is 15.6. The quantitative estimate of drug-likeness (QED) is 0.508. The van der Waals surface area contributed by atoms with Gasteiger partial charge in [0.15, 0.2) is 0 Å². The molecule has 154 valence electrons. The minimum absolute atomic E-state index is 0.0756. The Labute approximate surface area is 182 Å². The summed E-state index contributed by atoms with van der Waals surface area (Å²) in [5, 5.41) is 7.22. The molecule has 1 aliphatic rings. The van der Waals surface area contributed by atoms with Crippen molar-refractivity contribution in [2.45, 2.75) is 52.1 Å². The van der Waals surface area contributed by atoms with E-state index in [4.69, 9.17) is 21.3 Å². The zero-order valence-corrected chi connectivity index (χ0v) is 17.2. The van der Waals surface area contributed by atoms with Gasteiger partial charge in [0.2, 0.25) is 11.5 Å². The fourth-order valence-electron chi connectivity index (χ4n) is 3.35. The molecule has 0 unspecified atom stereocenters. The zero-order valence-electron chi connectivity index (χ0n) is 21.2. The van der Waals surface area contributed by atoms with Gasteiger partial charge in [0, 0.05) is 22.7 Å². The Hall–Kier alpha value is -3.17. The summed E-state index contributed by atoms with van der Waals surface area (Å²) >= 11 is 0. The van der Waals surface area contributed by atoms with Crippen LogP contribution in [0.25, 0.3) is 27.7 Å². The third kappa shape index (κ3) is 3.94. The molecular weight excluding hydrogens is 376 g/mol. The maximum absolute atomic E-state index is 8.65. The standard InChI is InChI=1S/C24H26N4O2/c1-5-13-26-20-11-10-17-18(20)7-6-8-19(17)23-27-24(30-28-23)16-9-12-22(29-15(2)3)21(14-16)25-4/h6-9,12,14-15,20,26H,5,10-11,13H2,1-3H3/t20-/m0/s1/i10D2,11D2. The molecule has 6 heteroatoms. The SMILES string of the molecule is [2H]C1([2H])c2c(-c3noc(-c4ccc(OC(C)C)c([N+]#[C-])c4)n3)cccc2[C@@H](NCCC)C1([2H])[2H]. The van der Waals surface area contributed by atoms with Crippen molar-refractivity contribution < 1.29 is 14.7 Å². The van der Waals surface area contributed by atoms with E-state index in [0.717, 1.165) is 6.42 Å². The second kappa shape index (κ2) is 8.68. The van der Waals surface area contributed by atoms with Gasteiger partial charge >= 0.3 is 0 Å². The molecule has 0 saturated carbocycles. The van der Waals surface area contributed by atoms with E-state index in [2.05, 4.69) is 20.3 Å². The van der Waals surface area contributed by atoms with Crippen LogP contribution < -0.4 is 10.1 Å². The van der Waals surface area contributed by atoms with Gasteiger partial charge in [0.1, 0.15) is 5.75 Å².